The van der Waals surface area contributed by atoms with Crippen molar-refractivity contribution in [3.05, 3.63) is 70.2 Å². The molecule has 0 aromatic heterocycles. The highest BCUT2D eigenvalue weighted by Crippen LogP contribution is 2.20. The average Bonchev–Trinajstić information content (AvgIpc) is 2.29. The Bertz CT molecular complexity index is 491. The van der Waals surface area contributed by atoms with Gasteiger partial charge in [0, 0.05) is 11.4 Å². The van der Waals surface area contributed by atoms with Crippen molar-refractivity contribution in [3.8, 4) is 0 Å². The number of hydrogen-bond acceptors (Lipinski definition) is 1. The van der Waals surface area contributed by atoms with Crippen LogP contribution in [0.5, 0.6) is 0 Å². The standard InChI is InChI=1S/C15H15ClO/c1-11-5-7-13(8-6-11)15(17)10-12-3-2-4-14(16)9-12/h2-9,15,17H,10H2,1H3. The summed E-state index contributed by atoms with van der Waals surface area (Å²) in [6.07, 6.45) is 0.109. The van der Waals surface area contributed by atoms with Crippen LogP contribution in [0, 0.1) is 6.92 Å². The Morgan fingerprint density at radius 3 is 2.47 bits per heavy atom. The quantitative estimate of drug-likeness (QED) is 0.870. The molecule has 2 aromatic carbocycles. The van der Waals surface area contributed by atoms with Gasteiger partial charge in [-0.25, -0.2) is 0 Å². The van der Waals surface area contributed by atoms with E-state index in [9.17, 15) is 5.11 Å². The van der Waals surface area contributed by atoms with Crippen molar-refractivity contribution in [3.63, 3.8) is 0 Å². The first-order chi connectivity index (χ1) is 8.15. The summed E-state index contributed by atoms with van der Waals surface area (Å²) < 4.78 is 0. The first kappa shape index (κ1) is 12.2. The number of aryl methyl sites for hydroxylation is 1. The van der Waals surface area contributed by atoms with Gasteiger partial charge in [0.05, 0.1) is 6.10 Å². The molecule has 2 heteroatoms. The molecule has 0 aliphatic heterocycles. The van der Waals surface area contributed by atoms with Gasteiger partial charge in [0.15, 0.2) is 0 Å². The highest BCUT2D eigenvalue weighted by Gasteiger charge is 2.08. The molecule has 0 radical (unpaired) electrons. The van der Waals surface area contributed by atoms with Crippen molar-refractivity contribution in [2.24, 2.45) is 0 Å². The van der Waals surface area contributed by atoms with Gasteiger partial charge in [-0.1, -0.05) is 53.6 Å². The molecule has 17 heavy (non-hydrogen) atoms. The fourth-order valence-electron chi connectivity index (χ4n) is 1.79. The number of benzene rings is 2. The minimum absolute atomic E-state index is 0.478. The van der Waals surface area contributed by atoms with Crippen LogP contribution in [0.4, 0.5) is 0 Å². The zero-order chi connectivity index (χ0) is 12.3. The normalized spacial score (nSPS) is 12.4. The van der Waals surface area contributed by atoms with E-state index in [2.05, 4.69) is 0 Å². The Morgan fingerprint density at radius 2 is 1.82 bits per heavy atom. The van der Waals surface area contributed by atoms with Gasteiger partial charge in [-0.3, -0.25) is 0 Å². The fourth-order valence-corrected chi connectivity index (χ4v) is 2.01. The topological polar surface area (TPSA) is 20.2 Å². The van der Waals surface area contributed by atoms with Crippen molar-refractivity contribution in [1.29, 1.82) is 0 Å². The minimum atomic E-state index is -0.478. The van der Waals surface area contributed by atoms with E-state index in [0.717, 1.165) is 11.1 Å². The first-order valence-electron chi connectivity index (χ1n) is 5.64. The van der Waals surface area contributed by atoms with Crippen LogP contribution >= 0.6 is 11.6 Å². The van der Waals surface area contributed by atoms with Crippen LogP contribution in [0.25, 0.3) is 0 Å². The molecular weight excluding hydrogens is 232 g/mol. The second-order valence-electron chi connectivity index (χ2n) is 4.26. The van der Waals surface area contributed by atoms with Gasteiger partial charge in [-0.05, 0) is 30.2 Å². The molecule has 1 nitrogen and oxygen atoms in total. The zero-order valence-corrected chi connectivity index (χ0v) is 10.5. The molecule has 2 aromatic rings. The van der Waals surface area contributed by atoms with Gasteiger partial charge >= 0.3 is 0 Å². The Hall–Kier alpha value is -1.31. The summed E-state index contributed by atoms with van der Waals surface area (Å²) in [6, 6.07) is 15.5. The molecule has 0 heterocycles. The van der Waals surface area contributed by atoms with Gasteiger partial charge in [-0.2, -0.15) is 0 Å². The monoisotopic (exact) mass is 246 g/mol. The van der Waals surface area contributed by atoms with E-state index in [1.807, 2.05) is 55.5 Å². The van der Waals surface area contributed by atoms with E-state index in [0.29, 0.717) is 11.4 Å². The van der Waals surface area contributed by atoms with Gasteiger partial charge in [0.25, 0.3) is 0 Å². The van der Waals surface area contributed by atoms with Crippen LogP contribution < -0.4 is 0 Å². The number of aliphatic hydroxyl groups excluding tert-OH is 1. The summed E-state index contributed by atoms with van der Waals surface area (Å²) in [5.41, 5.74) is 3.19. The zero-order valence-electron chi connectivity index (χ0n) is 9.73. The molecule has 0 fully saturated rings. The van der Waals surface area contributed by atoms with E-state index in [1.165, 1.54) is 5.56 Å². The SMILES string of the molecule is Cc1ccc(C(O)Cc2cccc(Cl)c2)cc1. The van der Waals surface area contributed by atoms with Gasteiger partial charge in [-0.15, -0.1) is 0 Å². The third kappa shape index (κ3) is 3.32. The molecule has 0 amide bonds. The fraction of sp³-hybridized carbons (Fsp3) is 0.200. The highest BCUT2D eigenvalue weighted by molar-refractivity contribution is 6.30. The number of hydrogen-bond donors (Lipinski definition) is 1. The number of halogens is 1. The lowest BCUT2D eigenvalue weighted by Crippen LogP contribution is -2.01. The van der Waals surface area contributed by atoms with Crippen LogP contribution in [0.1, 0.15) is 22.8 Å². The minimum Gasteiger partial charge on any atom is -0.388 e. The first-order valence-corrected chi connectivity index (χ1v) is 6.02. The maximum absolute atomic E-state index is 10.1. The Kier molecular flexibility index (Phi) is 3.82. The molecule has 1 atom stereocenters. The van der Waals surface area contributed by atoms with Crippen LogP contribution in [0.2, 0.25) is 5.02 Å². The van der Waals surface area contributed by atoms with E-state index < -0.39 is 6.10 Å². The summed E-state index contributed by atoms with van der Waals surface area (Å²) in [5, 5.41) is 10.8. The third-order valence-corrected chi connectivity index (χ3v) is 3.02. The summed E-state index contributed by atoms with van der Waals surface area (Å²) in [5.74, 6) is 0. The van der Waals surface area contributed by atoms with E-state index in [-0.39, 0.29) is 0 Å². The summed E-state index contributed by atoms with van der Waals surface area (Å²) >= 11 is 5.91. The smallest absolute Gasteiger partial charge is 0.0830 e. The maximum Gasteiger partial charge on any atom is 0.0830 e. The van der Waals surface area contributed by atoms with Crippen LogP contribution in [0.3, 0.4) is 0 Å². The number of aliphatic hydroxyl groups is 1. The Labute approximate surface area is 107 Å². The van der Waals surface area contributed by atoms with Crippen molar-refractivity contribution in [1.82, 2.24) is 0 Å². The second kappa shape index (κ2) is 5.35. The molecule has 0 aliphatic rings. The lowest BCUT2D eigenvalue weighted by Gasteiger charge is -2.11. The molecule has 0 aliphatic carbocycles. The summed E-state index contributed by atoms with van der Waals surface area (Å²) in [4.78, 5) is 0. The summed E-state index contributed by atoms with van der Waals surface area (Å²) in [6.45, 7) is 2.03. The van der Waals surface area contributed by atoms with Crippen molar-refractivity contribution >= 4 is 11.6 Å². The van der Waals surface area contributed by atoms with Crippen molar-refractivity contribution < 1.29 is 5.11 Å². The predicted octanol–water partition coefficient (Wildman–Crippen LogP) is 3.92. The summed E-state index contributed by atoms with van der Waals surface area (Å²) in [7, 11) is 0. The third-order valence-electron chi connectivity index (χ3n) is 2.78. The largest absolute Gasteiger partial charge is 0.388 e. The lowest BCUT2D eigenvalue weighted by molar-refractivity contribution is 0.178. The van der Waals surface area contributed by atoms with E-state index >= 15 is 0 Å². The Balaban J connectivity index is 2.11. The van der Waals surface area contributed by atoms with Gasteiger partial charge in [0.1, 0.15) is 0 Å². The van der Waals surface area contributed by atoms with Crippen LogP contribution in [-0.4, -0.2) is 5.11 Å². The molecule has 0 saturated heterocycles. The van der Waals surface area contributed by atoms with Gasteiger partial charge < -0.3 is 5.11 Å². The van der Waals surface area contributed by atoms with Crippen LogP contribution in [0.15, 0.2) is 48.5 Å². The molecular formula is C15H15ClO. The highest BCUT2D eigenvalue weighted by atomic mass is 35.5. The second-order valence-corrected chi connectivity index (χ2v) is 4.70. The van der Waals surface area contributed by atoms with Crippen molar-refractivity contribution in [2.45, 2.75) is 19.4 Å². The maximum atomic E-state index is 10.1. The molecule has 1 unspecified atom stereocenters. The van der Waals surface area contributed by atoms with Crippen molar-refractivity contribution in [2.75, 3.05) is 0 Å². The lowest BCUT2D eigenvalue weighted by atomic mass is 10.0. The molecule has 2 rings (SSSR count). The predicted molar refractivity (Wildman–Crippen MR) is 71.3 cm³/mol. The molecule has 1 N–H and O–H groups in total. The molecule has 0 bridgehead atoms. The molecule has 88 valence electrons. The molecule has 0 spiro atoms. The van der Waals surface area contributed by atoms with E-state index in [1.54, 1.807) is 0 Å². The Morgan fingerprint density at radius 1 is 1.12 bits per heavy atom. The number of rotatable bonds is 3. The van der Waals surface area contributed by atoms with E-state index in [4.69, 9.17) is 11.6 Å². The van der Waals surface area contributed by atoms with Gasteiger partial charge in [0.2, 0.25) is 0 Å². The molecule has 0 saturated carbocycles. The average molecular weight is 247 g/mol. The van der Waals surface area contributed by atoms with Crippen LogP contribution in [-0.2, 0) is 6.42 Å².